The van der Waals surface area contributed by atoms with Crippen molar-refractivity contribution in [1.29, 1.82) is 0 Å². The zero-order valence-electron chi connectivity index (χ0n) is 8.67. The van der Waals surface area contributed by atoms with Crippen molar-refractivity contribution in [2.24, 2.45) is 11.7 Å². The maximum Gasteiger partial charge on any atom is 0.522 e. The molecule has 0 aliphatic carbocycles. The molecule has 0 amide bonds. The van der Waals surface area contributed by atoms with Gasteiger partial charge in [0.1, 0.15) is 0 Å². The number of likely N-dealkylation sites (N-methyl/N-ethyl adjacent to an activating group) is 1. The molecule has 0 rings (SSSR count). The highest BCUT2D eigenvalue weighted by molar-refractivity contribution is 7.80. The minimum absolute atomic E-state index is 0.0177. The largest absolute Gasteiger partial charge is 0.522 e. The second-order valence-electron chi connectivity index (χ2n) is 3.36. The Bertz CT molecular complexity index is 211. The molecular weight excluding hydrogens is 229 g/mol. The van der Waals surface area contributed by atoms with Gasteiger partial charge in [-0.25, -0.2) is 0 Å². The van der Waals surface area contributed by atoms with Crippen LogP contribution in [0.15, 0.2) is 0 Å². The number of hydrogen-bond donors (Lipinski definition) is 1. The predicted molar refractivity (Wildman–Crippen MR) is 55.5 cm³/mol. The number of hydrogen-bond acceptors (Lipinski definition) is 3. The van der Waals surface area contributed by atoms with Crippen molar-refractivity contribution in [2.45, 2.75) is 13.3 Å². The topological polar surface area (TPSA) is 38.5 Å². The van der Waals surface area contributed by atoms with E-state index < -0.39 is 6.36 Å². The first-order valence-corrected chi connectivity index (χ1v) is 4.81. The van der Waals surface area contributed by atoms with E-state index in [-0.39, 0.29) is 19.1 Å². The summed E-state index contributed by atoms with van der Waals surface area (Å²) in [6.07, 6.45) is -4.56. The highest BCUT2D eigenvalue weighted by Crippen LogP contribution is 2.15. The van der Waals surface area contributed by atoms with Gasteiger partial charge in [0.25, 0.3) is 0 Å². The lowest BCUT2D eigenvalue weighted by Crippen LogP contribution is -2.34. The molecule has 90 valence electrons. The first-order chi connectivity index (χ1) is 6.72. The van der Waals surface area contributed by atoms with Crippen molar-refractivity contribution in [1.82, 2.24) is 4.90 Å². The van der Waals surface area contributed by atoms with Gasteiger partial charge in [-0.05, 0) is 7.05 Å². The number of halogens is 3. The van der Waals surface area contributed by atoms with Gasteiger partial charge in [0.05, 0.1) is 11.6 Å². The normalized spacial score (nSPS) is 14.3. The fourth-order valence-electron chi connectivity index (χ4n) is 0.966. The van der Waals surface area contributed by atoms with Crippen molar-refractivity contribution in [3.05, 3.63) is 0 Å². The highest BCUT2D eigenvalue weighted by Gasteiger charge is 2.28. The van der Waals surface area contributed by atoms with Crippen molar-refractivity contribution in [3.63, 3.8) is 0 Å². The molecule has 0 radical (unpaired) electrons. The summed E-state index contributed by atoms with van der Waals surface area (Å²) < 4.78 is 38.5. The molecular formula is C8H15F3N2OS. The van der Waals surface area contributed by atoms with Gasteiger partial charge >= 0.3 is 6.36 Å². The molecule has 0 aliphatic heterocycles. The average molecular weight is 244 g/mol. The van der Waals surface area contributed by atoms with Crippen molar-refractivity contribution in [3.8, 4) is 0 Å². The van der Waals surface area contributed by atoms with Crippen LogP contribution in [0.25, 0.3) is 0 Å². The van der Waals surface area contributed by atoms with Crippen LogP contribution in [0.1, 0.15) is 6.92 Å². The summed E-state index contributed by atoms with van der Waals surface area (Å²) in [5.41, 5.74) is 5.38. The Labute approximate surface area is 92.4 Å². The van der Waals surface area contributed by atoms with E-state index >= 15 is 0 Å². The molecule has 1 atom stereocenters. The molecule has 0 aromatic rings. The number of rotatable bonds is 6. The van der Waals surface area contributed by atoms with Crippen LogP contribution >= 0.6 is 12.2 Å². The van der Waals surface area contributed by atoms with E-state index in [0.717, 1.165) is 0 Å². The Balaban J connectivity index is 3.67. The molecule has 0 bridgehead atoms. The predicted octanol–water partition coefficient (Wildman–Crippen LogP) is 1.38. The third kappa shape index (κ3) is 8.59. The standard InChI is InChI=1S/C8H15F3N2OS/c1-6(7(12)15)5-13(2)3-4-14-8(9,10)11/h6H,3-5H2,1-2H3,(H2,12,15). The van der Waals surface area contributed by atoms with Gasteiger partial charge in [0.15, 0.2) is 0 Å². The van der Waals surface area contributed by atoms with Crippen molar-refractivity contribution < 1.29 is 17.9 Å². The summed E-state index contributed by atoms with van der Waals surface area (Å²) in [6, 6.07) is 0. The second-order valence-corrected chi connectivity index (χ2v) is 3.83. The summed E-state index contributed by atoms with van der Waals surface area (Å²) in [5, 5.41) is 0. The number of nitrogens with two attached hydrogens (primary N) is 1. The lowest BCUT2D eigenvalue weighted by atomic mass is 10.2. The minimum atomic E-state index is -4.56. The van der Waals surface area contributed by atoms with E-state index in [1.54, 1.807) is 11.9 Å². The lowest BCUT2D eigenvalue weighted by Gasteiger charge is -2.20. The molecule has 1 unspecified atom stereocenters. The highest BCUT2D eigenvalue weighted by atomic mass is 32.1. The Kier molecular flexibility index (Phi) is 6.07. The summed E-state index contributed by atoms with van der Waals surface area (Å²) in [5.74, 6) is -0.0177. The molecule has 0 heterocycles. The van der Waals surface area contributed by atoms with Crippen molar-refractivity contribution >= 4 is 17.2 Å². The van der Waals surface area contributed by atoms with Crippen LogP contribution in [0.5, 0.6) is 0 Å². The molecule has 3 nitrogen and oxygen atoms in total. The van der Waals surface area contributed by atoms with Gasteiger partial charge in [-0.1, -0.05) is 19.1 Å². The zero-order chi connectivity index (χ0) is 12.1. The molecule has 15 heavy (non-hydrogen) atoms. The summed E-state index contributed by atoms with van der Waals surface area (Å²) in [7, 11) is 1.69. The molecule has 0 aromatic heterocycles. The minimum Gasteiger partial charge on any atom is -0.393 e. The van der Waals surface area contributed by atoms with Crippen molar-refractivity contribution in [2.75, 3.05) is 26.7 Å². The third-order valence-corrected chi connectivity index (χ3v) is 2.21. The number of alkyl halides is 3. The number of nitrogens with zero attached hydrogens (tertiary/aromatic N) is 1. The monoisotopic (exact) mass is 244 g/mol. The molecule has 0 spiro atoms. The first kappa shape index (κ1) is 14.6. The van der Waals surface area contributed by atoms with E-state index in [0.29, 0.717) is 11.5 Å². The zero-order valence-corrected chi connectivity index (χ0v) is 9.49. The van der Waals surface area contributed by atoms with Gasteiger partial charge in [-0.3, -0.25) is 4.74 Å². The Morgan fingerprint density at radius 2 is 2.07 bits per heavy atom. The SMILES string of the molecule is CC(CN(C)CCOC(F)(F)F)C(N)=S. The van der Waals surface area contributed by atoms with Crippen LogP contribution in [0.4, 0.5) is 13.2 Å². The number of thiocarbonyl (C=S) groups is 1. The van der Waals surface area contributed by atoms with Gasteiger partial charge in [-0.15, -0.1) is 13.2 Å². The molecule has 0 saturated carbocycles. The fourth-order valence-corrected chi connectivity index (χ4v) is 1.04. The van der Waals surface area contributed by atoms with E-state index in [1.165, 1.54) is 0 Å². The molecule has 0 fully saturated rings. The quantitative estimate of drug-likeness (QED) is 0.716. The number of ether oxygens (including phenoxy) is 1. The van der Waals surface area contributed by atoms with E-state index in [1.807, 2.05) is 6.92 Å². The van der Waals surface area contributed by atoms with Crippen LogP contribution in [-0.4, -0.2) is 43.0 Å². The molecule has 7 heteroatoms. The Hall–Kier alpha value is -0.400. The van der Waals surface area contributed by atoms with E-state index in [4.69, 9.17) is 18.0 Å². The maximum atomic E-state index is 11.6. The van der Waals surface area contributed by atoms with Crippen LogP contribution < -0.4 is 5.73 Å². The summed E-state index contributed by atoms with van der Waals surface area (Å²) in [4.78, 5) is 2.05. The van der Waals surface area contributed by atoms with Crippen LogP contribution in [0, 0.1) is 5.92 Å². The van der Waals surface area contributed by atoms with Crippen LogP contribution in [0.2, 0.25) is 0 Å². The summed E-state index contributed by atoms with van der Waals surface area (Å²) >= 11 is 4.75. The fraction of sp³-hybridized carbons (Fsp3) is 0.875. The average Bonchev–Trinajstić information content (AvgIpc) is 2.01. The molecule has 2 N–H and O–H groups in total. The van der Waals surface area contributed by atoms with Gasteiger partial charge < -0.3 is 10.6 Å². The van der Waals surface area contributed by atoms with E-state index in [2.05, 4.69) is 4.74 Å². The molecule has 0 aliphatic rings. The van der Waals surface area contributed by atoms with Gasteiger partial charge in [0.2, 0.25) is 0 Å². The Morgan fingerprint density at radius 1 is 1.53 bits per heavy atom. The van der Waals surface area contributed by atoms with Crippen LogP contribution in [0.3, 0.4) is 0 Å². The van der Waals surface area contributed by atoms with Gasteiger partial charge in [-0.2, -0.15) is 0 Å². The lowest BCUT2D eigenvalue weighted by molar-refractivity contribution is -0.324. The maximum absolute atomic E-state index is 11.6. The first-order valence-electron chi connectivity index (χ1n) is 4.41. The second kappa shape index (κ2) is 6.24. The molecule has 0 saturated heterocycles. The smallest absolute Gasteiger partial charge is 0.393 e. The Morgan fingerprint density at radius 3 is 2.47 bits per heavy atom. The van der Waals surface area contributed by atoms with Gasteiger partial charge in [0, 0.05) is 19.0 Å². The summed E-state index contributed by atoms with van der Waals surface area (Å²) in [6.45, 7) is 2.15. The van der Waals surface area contributed by atoms with Crippen LogP contribution in [-0.2, 0) is 4.74 Å². The van der Waals surface area contributed by atoms with E-state index in [9.17, 15) is 13.2 Å². The third-order valence-electron chi connectivity index (χ3n) is 1.81. The molecule has 0 aromatic carbocycles.